The third kappa shape index (κ3) is 3.21. The normalized spacial score (nSPS) is 38.5. The number of hydrogen-bond acceptors (Lipinski definition) is 5. The lowest BCUT2D eigenvalue weighted by Gasteiger charge is -2.60. The Bertz CT molecular complexity index is 1400. The first kappa shape index (κ1) is 23.5. The summed E-state index contributed by atoms with van der Waals surface area (Å²) in [4.78, 5) is 22.4. The molecule has 37 heavy (non-hydrogen) atoms. The second-order valence-electron chi connectivity index (χ2n) is 13.0. The summed E-state index contributed by atoms with van der Waals surface area (Å²) in [7, 11) is 2.05. The van der Waals surface area contributed by atoms with Crippen molar-refractivity contribution in [1.82, 2.24) is 14.5 Å². The molecule has 0 amide bonds. The highest BCUT2D eigenvalue weighted by molar-refractivity contribution is 5.64. The topological polar surface area (TPSA) is 88.2 Å². The van der Waals surface area contributed by atoms with Gasteiger partial charge in [0.2, 0.25) is 0 Å². The van der Waals surface area contributed by atoms with E-state index in [-0.39, 0.29) is 22.3 Å². The Morgan fingerprint density at radius 1 is 1.03 bits per heavy atom. The van der Waals surface area contributed by atoms with Gasteiger partial charge < -0.3 is 14.8 Å². The van der Waals surface area contributed by atoms with Gasteiger partial charge in [-0.2, -0.15) is 4.98 Å². The summed E-state index contributed by atoms with van der Waals surface area (Å²) in [6.07, 6.45) is 6.04. The van der Waals surface area contributed by atoms with E-state index in [1.807, 2.05) is 30.3 Å². The molecule has 2 heterocycles. The van der Waals surface area contributed by atoms with E-state index in [2.05, 4.69) is 36.5 Å². The largest absolute Gasteiger partial charge is 0.393 e. The molecule has 7 rings (SSSR count). The number of rotatable bonds is 1. The number of fused-ring (bicyclic) bond motifs is 7. The van der Waals surface area contributed by atoms with Gasteiger partial charge in [0.15, 0.2) is 5.82 Å². The van der Waals surface area contributed by atoms with Gasteiger partial charge in [-0.1, -0.05) is 44.2 Å². The van der Waals surface area contributed by atoms with Crippen molar-refractivity contribution >= 4 is 0 Å². The van der Waals surface area contributed by atoms with Crippen molar-refractivity contribution in [2.24, 2.45) is 41.5 Å². The highest BCUT2D eigenvalue weighted by Gasteiger charge is 2.62. The van der Waals surface area contributed by atoms with Crippen LogP contribution in [0.5, 0.6) is 0 Å². The second kappa shape index (κ2) is 7.97. The van der Waals surface area contributed by atoms with E-state index in [0.717, 1.165) is 44.1 Å². The van der Waals surface area contributed by atoms with Gasteiger partial charge in [-0.15, -0.1) is 0 Å². The van der Waals surface area contributed by atoms with Crippen LogP contribution in [0.3, 0.4) is 0 Å². The molecule has 4 aliphatic carbocycles. The van der Waals surface area contributed by atoms with E-state index in [1.165, 1.54) is 11.3 Å². The van der Waals surface area contributed by atoms with Crippen molar-refractivity contribution in [1.29, 1.82) is 0 Å². The number of pyridine rings is 1. The third-order valence-corrected chi connectivity index (χ3v) is 11.3. The molecular weight excluding hydrogens is 462 g/mol. The summed E-state index contributed by atoms with van der Waals surface area (Å²) in [6.45, 7) is 4.68. The summed E-state index contributed by atoms with van der Waals surface area (Å²) in [5.41, 5.74) is 3.75. The molecule has 0 unspecified atom stereocenters. The standard InChI is InChI=1S/C31H37N3O3/c1-30-12-11-22-20(26(30)24(35)15-25(30)36)10-9-19-14-23-18(16-31(19,22)2)13-21-28(34(23)3)32-27(33-29(21)37)17-7-5-4-6-8-17/h4-8,13,19-20,22,24-26,35-36H,9-12,14-16H2,1-3H3/t19-,20+,22-,24+,25-,26+,30+,31-/m0/s1. The predicted molar refractivity (Wildman–Crippen MR) is 142 cm³/mol. The molecular formula is C31H37N3O3. The highest BCUT2D eigenvalue weighted by Crippen LogP contribution is 2.65. The summed E-state index contributed by atoms with van der Waals surface area (Å²) in [5.74, 6) is 2.94. The SMILES string of the molecule is Cn1c2nc(-c3ccccc3)nc(=O)c-2cc2c1C[C@@H]1CC[C@H]3[C@@H]4[C@H](O)C[C@H](O)[C@@]4(C)CC[C@@H]3[C@@]1(C)C2. The van der Waals surface area contributed by atoms with Gasteiger partial charge in [0.25, 0.3) is 5.56 Å². The van der Waals surface area contributed by atoms with E-state index < -0.39 is 12.2 Å². The average molecular weight is 500 g/mol. The van der Waals surface area contributed by atoms with Gasteiger partial charge in [0.1, 0.15) is 5.82 Å². The van der Waals surface area contributed by atoms with Crippen LogP contribution in [0.2, 0.25) is 0 Å². The zero-order valence-corrected chi connectivity index (χ0v) is 22.0. The summed E-state index contributed by atoms with van der Waals surface area (Å²) in [5, 5.41) is 21.8. The maximum Gasteiger partial charge on any atom is 0.282 e. The lowest BCUT2D eigenvalue weighted by molar-refractivity contribution is -0.127. The predicted octanol–water partition coefficient (Wildman–Crippen LogP) is 4.24. The van der Waals surface area contributed by atoms with E-state index in [4.69, 9.17) is 4.98 Å². The molecule has 6 nitrogen and oxygen atoms in total. The van der Waals surface area contributed by atoms with E-state index in [0.29, 0.717) is 41.4 Å². The van der Waals surface area contributed by atoms with Crippen LogP contribution in [0.15, 0.2) is 41.2 Å². The molecule has 0 spiro atoms. The number of hydrogen-bond donors (Lipinski definition) is 2. The minimum atomic E-state index is -0.399. The molecule has 8 atom stereocenters. The fourth-order valence-electron chi connectivity index (χ4n) is 9.38. The quantitative estimate of drug-likeness (QED) is 0.523. The first-order valence-corrected chi connectivity index (χ1v) is 14.0. The van der Waals surface area contributed by atoms with Crippen LogP contribution >= 0.6 is 0 Å². The zero-order chi connectivity index (χ0) is 25.7. The van der Waals surface area contributed by atoms with Crippen LogP contribution in [0.4, 0.5) is 0 Å². The fourth-order valence-corrected chi connectivity index (χ4v) is 9.38. The van der Waals surface area contributed by atoms with Gasteiger partial charge in [0, 0.05) is 24.7 Å². The van der Waals surface area contributed by atoms with Crippen LogP contribution in [0.25, 0.3) is 22.8 Å². The highest BCUT2D eigenvalue weighted by atomic mass is 16.3. The van der Waals surface area contributed by atoms with Crippen molar-refractivity contribution in [3.63, 3.8) is 0 Å². The molecule has 0 bridgehead atoms. The van der Waals surface area contributed by atoms with E-state index in [1.54, 1.807) is 0 Å². The smallest absolute Gasteiger partial charge is 0.282 e. The fraction of sp³-hybridized carbons (Fsp3) is 0.581. The Morgan fingerprint density at radius 3 is 2.59 bits per heavy atom. The maximum absolute atomic E-state index is 13.2. The van der Waals surface area contributed by atoms with Gasteiger partial charge in [-0.3, -0.25) is 4.79 Å². The molecule has 1 aromatic rings. The summed E-state index contributed by atoms with van der Waals surface area (Å²) >= 11 is 0. The van der Waals surface area contributed by atoms with Crippen LogP contribution in [-0.4, -0.2) is 37.0 Å². The molecule has 194 valence electrons. The zero-order valence-electron chi connectivity index (χ0n) is 22.0. The number of aliphatic hydroxyl groups is 2. The van der Waals surface area contributed by atoms with Gasteiger partial charge in [-0.05, 0) is 84.7 Å². The van der Waals surface area contributed by atoms with Crippen molar-refractivity contribution in [3.05, 3.63) is 58.0 Å². The Labute approximate surface area is 218 Å². The number of aliphatic hydroxyl groups excluding tert-OH is 2. The molecule has 3 saturated carbocycles. The Kier molecular flexibility index (Phi) is 5.07. The second-order valence-corrected chi connectivity index (χ2v) is 13.0. The lowest BCUT2D eigenvalue weighted by Crippen LogP contribution is -2.56. The van der Waals surface area contributed by atoms with E-state index >= 15 is 0 Å². The molecule has 6 aliphatic rings. The van der Waals surface area contributed by atoms with Crippen LogP contribution in [-0.2, 0) is 19.9 Å². The Balaban J connectivity index is 1.29. The lowest BCUT2D eigenvalue weighted by atomic mass is 9.45. The number of nitrogens with zero attached hydrogens (tertiary/aromatic N) is 3. The minimum Gasteiger partial charge on any atom is -0.393 e. The van der Waals surface area contributed by atoms with Crippen molar-refractivity contribution in [2.75, 3.05) is 0 Å². The first-order valence-electron chi connectivity index (χ1n) is 14.0. The molecule has 0 aromatic heterocycles. The molecule has 2 N–H and O–H groups in total. The molecule has 2 aliphatic heterocycles. The Morgan fingerprint density at radius 2 is 1.81 bits per heavy atom. The van der Waals surface area contributed by atoms with Crippen LogP contribution in [0, 0.1) is 34.5 Å². The van der Waals surface area contributed by atoms with E-state index in [9.17, 15) is 15.0 Å². The molecule has 1 aromatic carbocycles. The first-order chi connectivity index (χ1) is 17.7. The Hall–Kier alpha value is -2.57. The van der Waals surface area contributed by atoms with Gasteiger partial charge in [-0.25, -0.2) is 4.98 Å². The summed E-state index contributed by atoms with van der Waals surface area (Å²) < 4.78 is 2.15. The van der Waals surface area contributed by atoms with Gasteiger partial charge >= 0.3 is 0 Å². The van der Waals surface area contributed by atoms with Crippen molar-refractivity contribution in [3.8, 4) is 22.8 Å². The minimum absolute atomic E-state index is 0.124. The molecule has 6 heteroatoms. The number of aromatic nitrogens is 3. The number of benzene rings is 1. The van der Waals surface area contributed by atoms with Crippen molar-refractivity contribution < 1.29 is 10.2 Å². The molecule has 3 fully saturated rings. The van der Waals surface area contributed by atoms with Gasteiger partial charge in [0.05, 0.1) is 17.8 Å². The van der Waals surface area contributed by atoms with Crippen LogP contribution in [0.1, 0.15) is 57.2 Å². The maximum atomic E-state index is 13.2. The van der Waals surface area contributed by atoms with Crippen molar-refractivity contribution in [2.45, 2.75) is 71.0 Å². The third-order valence-electron chi connectivity index (χ3n) is 11.3. The summed E-state index contributed by atoms with van der Waals surface area (Å²) in [6, 6.07) is 11.8. The average Bonchev–Trinajstić information content (AvgIpc) is 3.12. The molecule has 0 saturated heterocycles. The molecule has 0 radical (unpaired) electrons. The van der Waals surface area contributed by atoms with Crippen LogP contribution < -0.4 is 5.56 Å². The monoisotopic (exact) mass is 499 g/mol.